The second kappa shape index (κ2) is 5.88. The Morgan fingerprint density at radius 3 is 2.95 bits per heavy atom. The van der Waals surface area contributed by atoms with Gasteiger partial charge in [-0.3, -0.25) is 10.1 Å². The second-order valence-corrected chi connectivity index (χ2v) is 5.09. The van der Waals surface area contributed by atoms with Crippen molar-refractivity contribution in [2.45, 2.75) is 12.8 Å². The molecule has 0 spiro atoms. The fraction of sp³-hybridized carbons (Fsp3) is 0.538. The van der Waals surface area contributed by atoms with Crippen LogP contribution in [0.3, 0.4) is 0 Å². The predicted molar refractivity (Wildman–Crippen MR) is 76.4 cm³/mol. The van der Waals surface area contributed by atoms with E-state index >= 15 is 0 Å². The van der Waals surface area contributed by atoms with E-state index in [1.165, 1.54) is 18.9 Å². The molecule has 1 saturated heterocycles. The van der Waals surface area contributed by atoms with Crippen LogP contribution >= 0.6 is 0 Å². The van der Waals surface area contributed by atoms with Gasteiger partial charge < -0.3 is 16.0 Å². The van der Waals surface area contributed by atoms with Gasteiger partial charge in [0.15, 0.2) is 0 Å². The quantitative estimate of drug-likeness (QED) is 0.490. The number of nitrogens with zero attached hydrogens (tertiary/aromatic N) is 2. The number of nitrogens with one attached hydrogen (secondary N) is 1. The number of piperidine rings is 1. The minimum atomic E-state index is -0.454. The molecule has 0 aromatic heterocycles. The van der Waals surface area contributed by atoms with Crippen LogP contribution in [-0.4, -0.2) is 31.6 Å². The van der Waals surface area contributed by atoms with Crippen molar-refractivity contribution in [1.82, 2.24) is 5.32 Å². The summed E-state index contributed by atoms with van der Waals surface area (Å²) in [5.74, 6) is 0.621. The number of nitrogens with two attached hydrogens (primary N) is 1. The van der Waals surface area contributed by atoms with E-state index in [1.807, 2.05) is 7.05 Å². The maximum atomic E-state index is 10.7. The third-order valence-corrected chi connectivity index (χ3v) is 3.58. The first-order chi connectivity index (χ1) is 9.08. The fourth-order valence-electron chi connectivity index (χ4n) is 2.52. The van der Waals surface area contributed by atoms with E-state index in [0.717, 1.165) is 25.3 Å². The molecule has 1 heterocycles. The minimum Gasteiger partial charge on any atom is -0.393 e. The summed E-state index contributed by atoms with van der Waals surface area (Å²) < 4.78 is 0. The van der Waals surface area contributed by atoms with Gasteiger partial charge in [0.2, 0.25) is 0 Å². The van der Waals surface area contributed by atoms with E-state index in [0.29, 0.717) is 5.92 Å². The molecule has 2 rings (SSSR count). The lowest BCUT2D eigenvalue weighted by atomic mass is 9.99. The molecule has 0 bridgehead atoms. The van der Waals surface area contributed by atoms with Crippen LogP contribution in [0.1, 0.15) is 12.8 Å². The van der Waals surface area contributed by atoms with Crippen LogP contribution in [0.5, 0.6) is 0 Å². The van der Waals surface area contributed by atoms with Gasteiger partial charge in [-0.1, -0.05) is 0 Å². The number of hydrogen-bond donors (Lipinski definition) is 2. The third kappa shape index (κ3) is 3.35. The number of anilines is 2. The molecule has 0 amide bonds. The Morgan fingerprint density at radius 2 is 2.37 bits per heavy atom. The molecule has 0 radical (unpaired) electrons. The van der Waals surface area contributed by atoms with E-state index in [1.54, 1.807) is 12.1 Å². The summed E-state index contributed by atoms with van der Waals surface area (Å²) in [6, 6.07) is 4.90. The van der Waals surface area contributed by atoms with Crippen molar-refractivity contribution in [1.29, 1.82) is 0 Å². The molecular formula is C13H20N4O2. The Hall–Kier alpha value is -1.82. The van der Waals surface area contributed by atoms with Gasteiger partial charge in [-0.25, -0.2) is 0 Å². The number of nitrogen functional groups attached to an aromatic ring is 1. The highest BCUT2D eigenvalue weighted by atomic mass is 16.6. The Labute approximate surface area is 112 Å². The molecule has 6 heteroatoms. The zero-order valence-corrected chi connectivity index (χ0v) is 11.1. The lowest BCUT2D eigenvalue weighted by Gasteiger charge is -2.29. The van der Waals surface area contributed by atoms with Crippen molar-refractivity contribution in [3.05, 3.63) is 28.3 Å². The molecule has 19 heavy (non-hydrogen) atoms. The molecule has 1 aliphatic rings. The summed E-state index contributed by atoms with van der Waals surface area (Å²) in [7, 11) is 2.00. The zero-order valence-electron chi connectivity index (χ0n) is 11.1. The number of nitro benzene ring substituents is 1. The Bertz CT molecular complexity index is 458. The standard InChI is InChI=1S/C13H20N4O2/c1-16(9-10-3-2-6-15-8-10)11-4-5-13(17(18)19)12(14)7-11/h4-5,7,10,15H,2-3,6,8-9,14H2,1H3. The normalized spacial score (nSPS) is 19.1. The second-order valence-electron chi connectivity index (χ2n) is 5.09. The SMILES string of the molecule is CN(CC1CCCNC1)c1ccc([N+](=O)[O-])c(N)c1. The highest BCUT2D eigenvalue weighted by Gasteiger charge is 2.17. The lowest BCUT2D eigenvalue weighted by Crippen LogP contribution is -2.36. The molecule has 0 saturated carbocycles. The van der Waals surface area contributed by atoms with E-state index < -0.39 is 4.92 Å². The van der Waals surface area contributed by atoms with Gasteiger partial charge in [0.1, 0.15) is 5.69 Å². The van der Waals surface area contributed by atoms with Gasteiger partial charge in [-0.15, -0.1) is 0 Å². The molecule has 1 aliphatic heterocycles. The first-order valence-electron chi connectivity index (χ1n) is 6.53. The number of benzene rings is 1. The molecule has 1 unspecified atom stereocenters. The molecule has 104 valence electrons. The van der Waals surface area contributed by atoms with Crippen LogP contribution in [0.2, 0.25) is 0 Å². The highest BCUT2D eigenvalue weighted by molar-refractivity contribution is 5.66. The fourth-order valence-corrected chi connectivity index (χ4v) is 2.52. The smallest absolute Gasteiger partial charge is 0.292 e. The third-order valence-electron chi connectivity index (χ3n) is 3.58. The van der Waals surface area contributed by atoms with Gasteiger partial charge in [-0.05, 0) is 44.0 Å². The molecule has 0 aliphatic carbocycles. The van der Waals surface area contributed by atoms with Crippen LogP contribution in [0, 0.1) is 16.0 Å². The average Bonchev–Trinajstić information content (AvgIpc) is 2.39. The van der Waals surface area contributed by atoms with E-state index in [-0.39, 0.29) is 11.4 Å². The summed E-state index contributed by atoms with van der Waals surface area (Å²) in [6.45, 7) is 3.07. The molecule has 6 nitrogen and oxygen atoms in total. The number of hydrogen-bond acceptors (Lipinski definition) is 5. The Kier molecular flexibility index (Phi) is 4.21. The summed E-state index contributed by atoms with van der Waals surface area (Å²) in [5.41, 5.74) is 6.82. The molecule has 3 N–H and O–H groups in total. The van der Waals surface area contributed by atoms with Crippen molar-refractivity contribution >= 4 is 17.1 Å². The van der Waals surface area contributed by atoms with Gasteiger partial charge in [0.25, 0.3) is 5.69 Å². The number of rotatable bonds is 4. The predicted octanol–water partition coefficient (Wildman–Crippen LogP) is 1.61. The monoisotopic (exact) mass is 264 g/mol. The van der Waals surface area contributed by atoms with Gasteiger partial charge in [0, 0.05) is 25.3 Å². The van der Waals surface area contributed by atoms with Gasteiger partial charge in [0.05, 0.1) is 4.92 Å². The summed E-state index contributed by atoms with van der Waals surface area (Å²) in [5, 5.41) is 14.1. The highest BCUT2D eigenvalue weighted by Crippen LogP contribution is 2.27. The average molecular weight is 264 g/mol. The largest absolute Gasteiger partial charge is 0.393 e. The summed E-state index contributed by atoms with van der Waals surface area (Å²) in [4.78, 5) is 12.4. The first-order valence-corrected chi connectivity index (χ1v) is 6.53. The Balaban J connectivity index is 2.04. The van der Waals surface area contributed by atoms with Crippen LogP contribution in [0.25, 0.3) is 0 Å². The van der Waals surface area contributed by atoms with Crippen LogP contribution < -0.4 is 16.0 Å². The molecular weight excluding hydrogens is 244 g/mol. The lowest BCUT2D eigenvalue weighted by molar-refractivity contribution is -0.383. The Morgan fingerprint density at radius 1 is 1.58 bits per heavy atom. The summed E-state index contributed by atoms with van der Waals surface area (Å²) in [6.07, 6.45) is 2.43. The van der Waals surface area contributed by atoms with E-state index in [2.05, 4.69) is 10.2 Å². The minimum absolute atomic E-state index is 0.0310. The van der Waals surface area contributed by atoms with Crippen molar-refractivity contribution < 1.29 is 4.92 Å². The van der Waals surface area contributed by atoms with Crippen molar-refractivity contribution in [3.63, 3.8) is 0 Å². The number of nitro groups is 1. The van der Waals surface area contributed by atoms with Crippen LogP contribution in [0.15, 0.2) is 18.2 Å². The van der Waals surface area contributed by atoms with Crippen molar-refractivity contribution in [3.8, 4) is 0 Å². The van der Waals surface area contributed by atoms with Gasteiger partial charge >= 0.3 is 0 Å². The van der Waals surface area contributed by atoms with E-state index in [4.69, 9.17) is 5.73 Å². The van der Waals surface area contributed by atoms with Crippen LogP contribution in [0.4, 0.5) is 17.1 Å². The summed E-state index contributed by atoms with van der Waals surface area (Å²) >= 11 is 0. The molecule has 1 atom stereocenters. The van der Waals surface area contributed by atoms with Crippen LogP contribution in [-0.2, 0) is 0 Å². The molecule has 1 aromatic rings. The zero-order chi connectivity index (χ0) is 13.8. The molecule has 1 aromatic carbocycles. The molecule has 1 fully saturated rings. The maximum absolute atomic E-state index is 10.7. The van der Waals surface area contributed by atoms with Crippen molar-refractivity contribution in [2.75, 3.05) is 37.3 Å². The van der Waals surface area contributed by atoms with Crippen molar-refractivity contribution in [2.24, 2.45) is 5.92 Å². The first kappa shape index (κ1) is 13.6. The van der Waals surface area contributed by atoms with Gasteiger partial charge in [-0.2, -0.15) is 0 Å². The topological polar surface area (TPSA) is 84.4 Å². The maximum Gasteiger partial charge on any atom is 0.292 e. The van der Waals surface area contributed by atoms with E-state index in [9.17, 15) is 10.1 Å².